The summed E-state index contributed by atoms with van der Waals surface area (Å²) >= 11 is 0. The number of hydrogen-bond donors (Lipinski definition) is 0. The van der Waals surface area contributed by atoms with Crippen LogP contribution in [0.5, 0.6) is 0 Å². The third-order valence-corrected chi connectivity index (χ3v) is 2.87. The first-order valence-electron chi connectivity index (χ1n) is 5.04. The van der Waals surface area contributed by atoms with Crippen LogP contribution in [0.1, 0.15) is 32.1 Å². The van der Waals surface area contributed by atoms with Gasteiger partial charge < -0.3 is 9.47 Å². The molecule has 76 valence electrons. The number of hydrogen-bond acceptors (Lipinski definition) is 2. The number of ether oxygens (including phenoxy) is 2. The summed E-state index contributed by atoms with van der Waals surface area (Å²) < 4.78 is 10.6. The van der Waals surface area contributed by atoms with Gasteiger partial charge in [0.15, 0.2) is 0 Å². The fraction of sp³-hybridized carbons (Fsp3) is 0.818. The molecule has 13 heavy (non-hydrogen) atoms. The second kappa shape index (κ2) is 5.28. The third-order valence-electron chi connectivity index (χ3n) is 2.87. The van der Waals surface area contributed by atoms with E-state index in [4.69, 9.17) is 9.47 Å². The fourth-order valence-corrected chi connectivity index (χ4v) is 2.17. The van der Waals surface area contributed by atoms with E-state index in [0.717, 1.165) is 13.2 Å². The van der Waals surface area contributed by atoms with Crippen molar-refractivity contribution < 1.29 is 9.47 Å². The van der Waals surface area contributed by atoms with Crippen LogP contribution in [0, 0.1) is 5.41 Å². The van der Waals surface area contributed by atoms with Crippen LogP contribution in [0.3, 0.4) is 0 Å². The molecule has 0 spiro atoms. The van der Waals surface area contributed by atoms with Gasteiger partial charge in [-0.3, -0.25) is 0 Å². The summed E-state index contributed by atoms with van der Waals surface area (Å²) in [7, 11) is 1.77. The molecule has 0 atom stereocenters. The Hall–Kier alpha value is -0.500. The lowest BCUT2D eigenvalue weighted by Crippen LogP contribution is -2.33. The molecule has 0 aromatic rings. The highest BCUT2D eigenvalue weighted by Gasteiger charge is 2.32. The summed E-state index contributed by atoms with van der Waals surface area (Å²) in [5, 5.41) is 0. The van der Waals surface area contributed by atoms with E-state index in [1.54, 1.807) is 7.11 Å². The summed E-state index contributed by atoms with van der Waals surface area (Å²) in [6, 6.07) is 0. The lowest BCUT2D eigenvalue weighted by molar-refractivity contribution is -0.00227. The van der Waals surface area contributed by atoms with Crippen LogP contribution in [-0.2, 0) is 9.47 Å². The maximum absolute atomic E-state index is 5.31. The molecule has 0 bridgehead atoms. The van der Waals surface area contributed by atoms with Crippen LogP contribution < -0.4 is 0 Å². The molecule has 0 heterocycles. The van der Waals surface area contributed by atoms with Gasteiger partial charge in [0.2, 0.25) is 0 Å². The Morgan fingerprint density at radius 1 is 1.23 bits per heavy atom. The van der Waals surface area contributed by atoms with Gasteiger partial charge in [0.25, 0.3) is 0 Å². The van der Waals surface area contributed by atoms with E-state index in [9.17, 15) is 0 Å². The van der Waals surface area contributed by atoms with E-state index in [-0.39, 0.29) is 5.41 Å². The van der Waals surface area contributed by atoms with Crippen molar-refractivity contribution in [3.05, 3.63) is 12.8 Å². The molecule has 0 saturated heterocycles. The molecule has 0 aromatic heterocycles. The zero-order valence-electron chi connectivity index (χ0n) is 8.55. The largest absolute Gasteiger partial charge is 0.501 e. The number of methoxy groups -OCH3 is 1. The average Bonchev–Trinajstić information content (AvgIpc) is 2.17. The lowest BCUT2D eigenvalue weighted by Gasteiger charge is -2.35. The van der Waals surface area contributed by atoms with Crippen molar-refractivity contribution in [2.24, 2.45) is 5.41 Å². The highest BCUT2D eigenvalue weighted by Crippen LogP contribution is 2.36. The van der Waals surface area contributed by atoms with Crippen LogP contribution in [0.4, 0.5) is 0 Å². The average molecular weight is 184 g/mol. The van der Waals surface area contributed by atoms with Crippen LogP contribution in [0.25, 0.3) is 0 Å². The van der Waals surface area contributed by atoms with Gasteiger partial charge in [0, 0.05) is 12.5 Å². The predicted molar refractivity (Wildman–Crippen MR) is 53.5 cm³/mol. The minimum atomic E-state index is 0.265. The van der Waals surface area contributed by atoms with Gasteiger partial charge in [-0.15, -0.1) is 0 Å². The third kappa shape index (κ3) is 3.03. The van der Waals surface area contributed by atoms with Gasteiger partial charge >= 0.3 is 0 Å². The Kier molecular flexibility index (Phi) is 4.29. The molecule has 1 fully saturated rings. The minimum absolute atomic E-state index is 0.265. The Labute approximate surface area is 80.9 Å². The number of rotatable bonds is 5. The summed E-state index contributed by atoms with van der Waals surface area (Å²) in [6.07, 6.45) is 7.97. The van der Waals surface area contributed by atoms with Gasteiger partial charge in [-0.1, -0.05) is 25.8 Å². The molecule has 0 unspecified atom stereocenters. The monoisotopic (exact) mass is 184 g/mol. The van der Waals surface area contributed by atoms with Gasteiger partial charge in [-0.2, -0.15) is 0 Å². The molecule has 1 aliphatic rings. The van der Waals surface area contributed by atoms with E-state index in [0.29, 0.717) is 0 Å². The van der Waals surface area contributed by atoms with Crippen LogP contribution in [0.2, 0.25) is 0 Å². The van der Waals surface area contributed by atoms with E-state index >= 15 is 0 Å². The standard InChI is InChI=1S/C11H20O2/c1-3-13-10-11(9-12-2)7-5-4-6-8-11/h3H,1,4-10H2,2H3. The second-order valence-electron chi connectivity index (χ2n) is 3.97. The molecule has 1 saturated carbocycles. The van der Waals surface area contributed by atoms with Gasteiger partial charge in [-0.05, 0) is 12.8 Å². The van der Waals surface area contributed by atoms with Crippen LogP contribution in [0.15, 0.2) is 12.8 Å². The van der Waals surface area contributed by atoms with Crippen molar-refractivity contribution in [3.8, 4) is 0 Å². The quantitative estimate of drug-likeness (QED) is 0.612. The lowest BCUT2D eigenvalue weighted by atomic mass is 9.75. The van der Waals surface area contributed by atoms with Crippen LogP contribution in [-0.4, -0.2) is 20.3 Å². The molecule has 0 N–H and O–H groups in total. The first-order chi connectivity index (χ1) is 6.33. The Bertz CT molecular complexity index is 143. The summed E-state index contributed by atoms with van der Waals surface area (Å²) in [5.74, 6) is 0. The molecule has 2 nitrogen and oxygen atoms in total. The highest BCUT2D eigenvalue weighted by molar-refractivity contribution is 4.83. The van der Waals surface area contributed by atoms with Crippen molar-refractivity contribution in [2.45, 2.75) is 32.1 Å². The topological polar surface area (TPSA) is 18.5 Å². The minimum Gasteiger partial charge on any atom is -0.501 e. The first-order valence-corrected chi connectivity index (χ1v) is 5.04. The van der Waals surface area contributed by atoms with Crippen molar-refractivity contribution in [2.75, 3.05) is 20.3 Å². The molecule has 2 heteroatoms. The van der Waals surface area contributed by atoms with E-state index in [1.165, 1.54) is 38.4 Å². The maximum atomic E-state index is 5.31. The van der Waals surface area contributed by atoms with E-state index in [2.05, 4.69) is 6.58 Å². The molecule has 0 amide bonds. The zero-order chi connectivity index (χ0) is 9.57. The molecular weight excluding hydrogens is 164 g/mol. The summed E-state index contributed by atoms with van der Waals surface area (Å²) in [6.45, 7) is 5.16. The molecule has 0 radical (unpaired) electrons. The smallest absolute Gasteiger partial charge is 0.0951 e. The van der Waals surface area contributed by atoms with Crippen molar-refractivity contribution in [1.29, 1.82) is 0 Å². The van der Waals surface area contributed by atoms with Crippen molar-refractivity contribution in [1.82, 2.24) is 0 Å². The van der Waals surface area contributed by atoms with Gasteiger partial charge in [-0.25, -0.2) is 0 Å². The SMILES string of the molecule is C=COCC1(COC)CCCCC1. The summed E-state index contributed by atoms with van der Waals surface area (Å²) in [4.78, 5) is 0. The highest BCUT2D eigenvalue weighted by atomic mass is 16.5. The first kappa shape index (κ1) is 10.6. The predicted octanol–water partition coefficient (Wildman–Crippen LogP) is 2.74. The van der Waals surface area contributed by atoms with Crippen molar-refractivity contribution >= 4 is 0 Å². The Morgan fingerprint density at radius 2 is 1.92 bits per heavy atom. The van der Waals surface area contributed by atoms with Crippen LogP contribution >= 0.6 is 0 Å². The van der Waals surface area contributed by atoms with E-state index < -0.39 is 0 Å². The van der Waals surface area contributed by atoms with E-state index in [1.807, 2.05) is 0 Å². The normalized spacial score (nSPS) is 21.0. The Balaban J connectivity index is 2.44. The van der Waals surface area contributed by atoms with Gasteiger partial charge in [0.05, 0.1) is 19.5 Å². The fourth-order valence-electron chi connectivity index (χ4n) is 2.17. The molecule has 0 aliphatic heterocycles. The maximum Gasteiger partial charge on any atom is 0.0951 e. The van der Waals surface area contributed by atoms with Gasteiger partial charge in [0.1, 0.15) is 0 Å². The Morgan fingerprint density at radius 3 is 2.46 bits per heavy atom. The molecular formula is C11H20O2. The molecule has 1 aliphatic carbocycles. The van der Waals surface area contributed by atoms with Crippen molar-refractivity contribution in [3.63, 3.8) is 0 Å². The summed E-state index contributed by atoms with van der Waals surface area (Å²) in [5.41, 5.74) is 0.265. The second-order valence-corrected chi connectivity index (χ2v) is 3.97. The zero-order valence-corrected chi connectivity index (χ0v) is 8.55. The molecule has 1 rings (SSSR count). The molecule has 0 aromatic carbocycles.